The highest BCUT2D eigenvalue weighted by Crippen LogP contribution is 2.29. The van der Waals surface area contributed by atoms with Crippen LogP contribution in [0, 0.1) is 10.5 Å². The lowest BCUT2D eigenvalue weighted by atomic mass is 10.1. The first kappa shape index (κ1) is 21.1. The van der Waals surface area contributed by atoms with Gasteiger partial charge in [-0.3, -0.25) is 9.52 Å². The molecule has 0 heterocycles. The second kappa shape index (κ2) is 8.83. The summed E-state index contributed by atoms with van der Waals surface area (Å²) in [5.41, 5.74) is 2.21. The number of hydrogen-bond acceptors (Lipinski definition) is 4. The number of amides is 1. The van der Waals surface area contributed by atoms with Gasteiger partial charge in [-0.05, 0) is 84.1 Å². The number of carbonyl (C=O) groups excluding carboxylic acids is 1. The number of hydrogen-bond donors (Lipinski definition) is 2. The number of ether oxygens (including phenoxy) is 1. The van der Waals surface area contributed by atoms with Crippen LogP contribution < -0.4 is 14.8 Å². The van der Waals surface area contributed by atoms with Gasteiger partial charge in [0.1, 0.15) is 5.75 Å². The van der Waals surface area contributed by atoms with Gasteiger partial charge in [0.2, 0.25) is 0 Å². The third-order valence-corrected chi connectivity index (χ3v) is 6.24. The van der Waals surface area contributed by atoms with E-state index in [2.05, 4.69) is 32.6 Å². The molecular formula is C21H19IN2O4S. The second-order valence-electron chi connectivity index (χ2n) is 6.29. The van der Waals surface area contributed by atoms with Crippen LogP contribution in [0.4, 0.5) is 11.4 Å². The van der Waals surface area contributed by atoms with Crippen LogP contribution in [0.1, 0.15) is 15.9 Å². The molecule has 3 aromatic rings. The Balaban J connectivity index is 1.88. The highest BCUT2D eigenvalue weighted by Gasteiger charge is 2.18. The van der Waals surface area contributed by atoms with Gasteiger partial charge in [-0.15, -0.1) is 0 Å². The van der Waals surface area contributed by atoms with Crippen LogP contribution in [-0.4, -0.2) is 21.4 Å². The van der Waals surface area contributed by atoms with Crippen molar-refractivity contribution in [1.82, 2.24) is 0 Å². The summed E-state index contributed by atoms with van der Waals surface area (Å²) in [7, 11) is -2.39. The number of nitrogens with one attached hydrogen (secondary N) is 2. The SMILES string of the molecule is COc1ccc(S(=O)(=O)Nc2ccc(I)cc2)cc1NC(=O)c1ccc(C)cc1. The van der Waals surface area contributed by atoms with Crippen molar-refractivity contribution < 1.29 is 17.9 Å². The molecule has 0 bridgehead atoms. The van der Waals surface area contributed by atoms with Crippen molar-refractivity contribution >= 4 is 49.9 Å². The van der Waals surface area contributed by atoms with Gasteiger partial charge in [0.05, 0.1) is 17.7 Å². The van der Waals surface area contributed by atoms with E-state index in [1.165, 1.54) is 25.3 Å². The smallest absolute Gasteiger partial charge is 0.261 e. The predicted molar refractivity (Wildman–Crippen MR) is 122 cm³/mol. The predicted octanol–water partition coefficient (Wildman–Crippen LogP) is 4.66. The van der Waals surface area contributed by atoms with Crippen molar-refractivity contribution in [3.05, 3.63) is 81.4 Å². The zero-order valence-electron chi connectivity index (χ0n) is 15.8. The number of aryl methyl sites for hydroxylation is 1. The Bertz CT molecular complexity index is 1130. The summed E-state index contributed by atoms with van der Waals surface area (Å²) >= 11 is 2.14. The largest absolute Gasteiger partial charge is 0.495 e. The molecule has 0 atom stereocenters. The van der Waals surface area contributed by atoms with E-state index in [0.29, 0.717) is 17.0 Å². The Morgan fingerprint density at radius 3 is 2.24 bits per heavy atom. The minimum atomic E-state index is -3.84. The molecule has 8 heteroatoms. The number of benzene rings is 3. The van der Waals surface area contributed by atoms with Gasteiger partial charge in [-0.25, -0.2) is 8.42 Å². The summed E-state index contributed by atoms with van der Waals surface area (Å²) in [6, 6.07) is 18.4. The highest BCUT2D eigenvalue weighted by molar-refractivity contribution is 14.1. The van der Waals surface area contributed by atoms with Gasteiger partial charge in [0.15, 0.2) is 0 Å². The Labute approximate surface area is 183 Å². The highest BCUT2D eigenvalue weighted by atomic mass is 127. The summed E-state index contributed by atoms with van der Waals surface area (Å²) in [6.07, 6.45) is 0. The van der Waals surface area contributed by atoms with E-state index >= 15 is 0 Å². The maximum atomic E-state index is 12.8. The van der Waals surface area contributed by atoms with Crippen LogP contribution in [0.25, 0.3) is 0 Å². The average Bonchev–Trinajstić information content (AvgIpc) is 2.70. The fraction of sp³-hybridized carbons (Fsp3) is 0.0952. The minimum Gasteiger partial charge on any atom is -0.495 e. The number of anilines is 2. The molecule has 0 aliphatic rings. The monoisotopic (exact) mass is 522 g/mol. The quantitative estimate of drug-likeness (QED) is 0.462. The third-order valence-electron chi connectivity index (χ3n) is 4.14. The van der Waals surface area contributed by atoms with Gasteiger partial charge in [-0.2, -0.15) is 0 Å². The van der Waals surface area contributed by atoms with Crippen molar-refractivity contribution in [3.63, 3.8) is 0 Å². The molecule has 1 amide bonds. The normalized spacial score (nSPS) is 11.0. The van der Waals surface area contributed by atoms with Gasteiger partial charge in [0.25, 0.3) is 15.9 Å². The first-order valence-electron chi connectivity index (χ1n) is 8.63. The van der Waals surface area contributed by atoms with Crippen LogP contribution in [0.15, 0.2) is 71.6 Å². The zero-order chi connectivity index (χ0) is 21.0. The molecule has 0 radical (unpaired) electrons. The van der Waals surface area contributed by atoms with Crippen molar-refractivity contribution in [2.75, 3.05) is 17.1 Å². The lowest BCUT2D eigenvalue weighted by molar-refractivity contribution is 0.102. The van der Waals surface area contributed by atoms with E-state index in [4.69, 9.17) is 4.74 Å². The molecule has 3 rings (SSSR count). The van der Waals surface area contributed by atoms with Crippen LogP contribution in [0.3, 0.4) is 0 Å². The summed E-state index contributed by atoms with van der Waals surface area (Å²) in [4.78, 5) is 12.6. The van der Waals surface area contributed by atoms with Gasteiger partial charge >= 0.3 is 0 Å². The standard InChI is InChI=1S/C21H19IN2O4S/c1-14-3-5-15(6-4-14)21(25)23-19-13-18(11-12-20(19)28-2)29(26,27)24-17-9-7-16(22)8-10-17/h3-13,24H,1-2H3,(H,23,25). The van der Waals surface area contributed by atoms with E-state index in [-0.39, 0.29) is 16.5 Å². The molecule has 0 saturated carbocycles. The zero-order valence-corrected chi connectivity index (χ0v) is 18.7. The average molecular weight is 522 g/mol. The topological polar surface area (TPSA) is 84.5 Å². The second-order valence-corrected chi connectivity index (χ2v) is 9.22. The number of sulfonamides is 1. The van der Waals surface area contributed by atoms with Crippen molar-refractivity contribution in [1.29, 1.82) is 0 Å². The lowest BCUT2D eigenvalue weighted by Gasteiger charge is -2.13. The van der Waals surface area contributed by atoms with Crippen molar-refractivity contribution in [2.45, 2.75) is 11.8 Å². The first-order chi connectivity index (χ1) is 13.8. The first-order valence-corrected chi connectivity index (χ1v) is 11.2. The molecule has 29 heavy (non-hydrogen) atoms. The molecule has 0 aliphatic heterocycles. The maximum Gasteiger partial charge on any atom is 0.261 e. The van der Waals surface area contributed by atoms with E-state index in [1.807, 2.05) is 19.1 Å². The molecule has 3 aromatic carbocycles. The van der Waals surface area contributed by atoms with Gasteiger partial charge in [-0.1, -0.05) is 17.7 Å². The lowest BCUT2D eigenvalue weighted by Crippen LogP contribution is -2.15. The third kappa shape index (κ3) is 5.27. The molecule has 6 nitrogen and oxygen atoms in total. The molecule has 0 aliphatic carbocycles. The van der Waals surface area contributed by atoms with Crippen LogP contribution >= 0.6 is 22.6 Å². The number of methoxy groups -OCH3 is 1. The minimum absolute atomic E-state index is 0.0102. The molecule has 0 fully saturated rings. The van der Waals surface area contributed by atoms with E-state index in [1.54, 1.807) is 36.4 Å². The number of carbonyl (C=O) groups is 1. The van der Waals surface area contributed by atoms with Gasteiger partial charge in [0, 0.05) is 14.8 Å². The maximum absolute atomic E-state index is 12.8. The Morgan fingerprint density at radius 1 is 0.966 bits per heavy atom. The molecule has 0 saturated heterocycles. The Morgan fingerprint density at radius 2 is 1.62 bits per heavy atom. The summed E-state index contributed by atoms with van der Waals surface area (Å²) in [5.74, 6) is 0.00196. The van der Waals surface area contributed by atoms with Crippen LogP contribution in [0.2, 0.25) is 0 Å². The van der Waals surface area contributed by atoms with Crippen molar-refractivity contribution in [3.8, 4) is 5.75 Å². The molecule has 0 aromatic heterocycles. The van der Waals surface area contributed by atoms with Crippen LogP contribution in [-0.2, 0) is 10.0 Å². The fourth-order valence-electron chi connectivity index (χ4n) is 2.58. The summed E-state index contributed by atoms with van der Waals surface area (Å²) < 4.78 is 34.3. The van der Waals surface area contributed by atoms with E-state index < -0.39 is 10.0 Å². The van der Waals surface area contributed by atoms with E-state index in [0.717, 1.165) is 9.13 Å². The molecule has 150 valence electrons. The molecular weight excluding hydrogens is 503 g/mol. The van der Waals surface area contributed by atoms with E-state index in [9.17, 15) is 13.2 Å². The summed E-state index contributed by atoms with van der Waals surface area (Å²) in [5, 5.41) is 2.72. The fourth-order valence-corrected chi connectivity index (χ4v) is 4.03. The number of rotatable bonds is 6. The Kier molecular flexibility index (Phi) is 6.43. The Hall–Kier alpha value is -2.59. The molecule has 0 unspecified atom stereocenters. The molecule has 0 spiro atoms. The van der Waals surface area contributed by atoms with Crippen molar-refractivity contribution in [2.24, 2.45) is 0 Å². The van der Waals surface area contributed by atoms with Crippen LogP contribution in [0.5, 0.6) is 5.75 Å². The van der Waals surface area contributed by atoms with Gasteiger partial charge < -0.3 is 10.1 Å². The number of halogens is 1. The molecule has 2 N–H and O–H groups in total. The summed E-state index contributed by atoms with van der Waals surface area (Å²) in [6.45, 7) is 1.93.